The number of anilines is 3. The maximum absolute atomic E-state index is 14.4. The molecule has 0 saturated carbocycles. The van der Waals surface area contributed by atoms with Gasteiger partial charge < -0.3 is 19.9 Å². The maximum atomic E-state index is 14.4. The van der Waals surface area contributed by atoms with E-state index in [0.29, 0.717) is 47.9 Å². The van der Waals surface area contributed by atoms with Crippen molar-refractivity contribution in [1.82, 2.24) is 14.9 Å². The fraction of sp³-hybridized carbons (Fsp3) is 0.227. The fourth-order valence-corrected chi connectivity index (χ4v) is 3.51. The van der Waals surface area contributed by atoms with Crippen molar-refractivity contribution in [3.05, 3.63) is 59.7 Å². The van der Waals surface area contributed by atoms with Crippen molar-refractivity contribution in [2.45, 2.75) is 0 Å². The number of aromatic nitrogens is 2. The highest BCUT2D eigenvalue weighted by Crippen LogP contribution is 2.41. The first kappa shape index (κ1) is 21.0. The molecule has 3 aromatic rings. The van der Waals surface area contributed by atoms with Crippen molar-refractivity contribution in [3.63, 3.8) is 0 Å². The number of amides is 1. The summed E-state index contributed by atoms with van der Waals surface area (Å²) in [7, 11) is 3.87. The molecule has 0 spiro atoms. The number of hydrogen-bond acceptors (Lipinski definition) is 6. The Hall–Kier alpha value is -3.23. The van der Waals surface area contributed by atoms with Crippen molar-refractivity contribution in [3.8, 4) is 5.75 Å². The second-order valence-electron chi connectivity index (χ2n) is 7.26. The zero-order valence-electron chi connectivity index (χ0n) is 17.1. The summed E-state index contributed by atoms with van der Waals surface area (Å²) < 4.78 is 20.4. The molecule has 0 fully saturated rings. The lowest BCUT2D eigenvalue weighted by Gasteiger charge is -2.30. The molecule has 0 saturated heterocycles. The Morgan fingerprint density at radius 1 is 1.32 bits per heavy atom. The molecule has 0 radical (unpaired) electrons. The van der Waals surface area contributed by atoms with Crippen molar-refractivity contribution in [2.75, 3.05) is 44.0 Å². The first-order chi connectivity index (χ1) is 15.0. The minimum Gasteiger partial charge on any atom is -0.489 e. The summed E-state index contributed by atoms with van der Waals surface area (Å²) in [4.78, 5) is 25.0. The number of nitrogens with zero attached hydrogens (tertiary/aromatic N) is 4. The lowest BCUT2D eigenvalue weighted by Crippen LogP contribution is -2.37. The number of carbonyl (C=O) groups excluding carboxylic acids is 1. The van der Waals surface area contributed by atoms with Gasteiger partial charge in [-0.1, -0.05) is 23.7 Å². The molecule has 2 heterocycles. The number of likely N-dealkylation sites (N-methyl/N-ethyl adjacent to an activating group) is 1. The molecular weight excluding hydrogens is 421 g/mol. The molecular formula is C22H21ClFN5O2. The Kier molecular flexibility index (Phi) is 6.01. The molecule has 1 N–H and O–H groups in total. The van der Waals surface area contributed by atoms with E-state index in [1.165, 1.54) is 12.4 Å². The molecule has 9 heteroatoms. The highest BCUT2D eigenvalue weighted by molar-refractivity contribution is 6.31. The summed E-state index contributed by atoms with van der Waals surface area (Å²) in [5, 5.41) is 3.55. The van der Waals surface area contributed by atoms with Crippen LogP contribution < -0.4 is 15.0 Å². The summed E-state index contributed by atoms with van der Waals surface area (Å²) in [5.41, 5.74) is 1.40. The molecule has 1 aliphatic rings. The smallest absolute Gasteiger partial charge is 0.250 e. The number of fused-ring (bicyclic) bond motifs is 3. The molecule has 0 atom stereocenters. The van der Waals surface area contributed by atoms with Gasteiger partial charge in [-0.15, -0.1) is 0 Å². The van der Waals surface area contributed by atoms with E-state index in [-0.39, 0.29) is 16.6 Å². The number of carbonyl (C=O) groups is 1. The van der Waals surface area contributed by atoms with Crippen LogP contribution in [0, 0.1) is 5.82 Å². The Labute approximate surface area is 184 Å². The minimum absolute atomic E-state index is 0.00271. The largest absolute Gasteiger partial charge is 0.489 e. The number of ether oxygens (including phenoxy) is 1. The predicted molar refractivity (Wildman–Crippen MR) is 120 cm³/mol. The number of halogens is 2. The average Bonchev–Trinajstić information content (AvgIpc) is 2.76. The van der Waals surface area contributed by atoms with E-state index in [2.05, 4.69) is 15.3 Å². The number of nitrogens with one attached hydrogen (secondary N) is 1. The zero-order chi connectivity index (χ0) is 22.0. The van der Waals surface area contributed by atoms with Gasteiger partial charge in [0.05, 0.1) is 33.8 Å². The molecule has 0 aliphatic carbocycles. The Morgan fingerprint density at radius 3 is 2.97 bits per heavy atom. The van der Waals surface area contributed by atoms with Crippen LogP contribution in [0.3, 0.4) is 0 Å². The molecule has 1 amide bonds. The number of hydrogen-bond donors (Lipinski definition) is 1. The van der Waals surface area contributed by atoms with Crippen LogP contribution >= 0.6 is 11.6 Å². The molecule has 4 rings (SSSR count). The van der Waals surface area contributed by atoms with E-state index in [0.717, 1.165) is 0 Å². The monoisotopic (exact) mass is 441 g/mol. The summed E-state index contributed by atoms with van der Waals surface area (Å²) in [5.74, 6) is 0.117. The van der Waals surface area contributed by atoms with Gasteiger partial charge in [0.2, 0.25) is 0 Å². The van der Waals surface area contributed by atoms with E-state index < -0.39 is 5.82 Å². The lowest BCUT2D eigenvalue weighted by molar-refractivity contribution is -0.114. The van der Waals surface area contributed by atoms with E-state index in [9.17, 15) is 9.18 Å². The standard InChI is InChI=1S/C22H21ClFN5O2/c1-28(2)10-4-7-18(30)29-11-12-31-21-17(29)9-8-15-19(21)22(26-13-25-15)27-16-6-3-5-14(23)20(16)24/h3-9,13H,10-12H2,1-2H3,(H,25,26,27)/b7-4+. The summed E-state index contributed by atoms with van der Waals surface area (Å²) in [6.07, 6.45) is 4.76. The Morgan fingerprint density at radius 2 is 2.16 bits per heavy atom. The van der Waals surface area contributed by atoms with Crippen molar-refractivity contribution in [1.29, 1.82) is 0 Å². The third-order valence-electron chi connectivity index (χ3n) is 4.79. The average molecular weight is 442 g/mol. The van der Waals surface area contributed by atoms with Crippen LogP contribution in [0.25, 0.3) is 10.9 Å². The van der Waals surface area contributed by atoms with Gasteiger partial charge in [0, 0.05) is 12.6 Å². The van der Waals surface area contributed by atoms with Gasteiger partial charge in [-0.3, -0.25) is 4.79 Å². The molecule has 1 aromatic heterocycles. The Bertz CT molecular complexity index is 1170. The third kappa shape index (κ3) is 4.30. The van der Waals surface area contributed by atoms with Crippen LogP contribution in [0.2, 0.25) is 5.02 Å². The molecule has 1 aliphatic heterocycles. The van der Waals surface area contributed by atoms with Crippen molar-refractivity contribution < 1.29 is 13.9 Å². The van der Waals surface area contributed by atoms with Gasteiger partial charge in [0.15, 0.2) is 11.6 Å². The van der Waals surface area contributed by atoms with Crippen LogP contribution in [-0.2, 0) is 4.79 Å². The SMILES string of the molecule is CN(C)C/C=C/C(=O)N1CCOc2c1ccc1ncnc(Nc3cccc(Cl)c3F)c21. The topological polar surface area (TPSA) is 70.6 Å². The summed E-state index contributed by atoms with van der Waals surface area (Å²) in [6, 6.07) is 8.26. The summed E-state index contributed by atoms with van der Waals surface area (Å²) in [6.45, 7) is 1.40. The second-order valence-corrected chi connectivity index (χ2v) is 7.67. The molecule has 31 heavy (non-hydrogen) atoms. The quantitative estimate of drug-likeness (QED) is 0.603. The first-order valence-electron chi connectivity index (χ1n) is 9.70. The van der Waals surface area contributed by atoms with Crippen molar-refractivity contribution >= 4 is 45.6 Å². The first-order valence-corrected chi connectivity index (χ1v) is 10.1. The van der Waals surface area contributed by atoms with Gasteiger partial charge >= 0.3 is 0 Å². The third-order valence-corrected chi connectivity index (χ3v) is 5.08. The van der Waals surface area contributed by atoms with Gasteiger partial charge in [0.25, 0.3) is 5.91 Å². The normalized spacial score (nSPS) is 13.5. The minimum atomic E-state index is -0.579. The van der Waals surface area contributed by atoms with Crippen LogP contribution in [0.4, 0.5) is 21.6 Å². The van der Waals surface area contributed by atoms with Gasteiger partial charge in [0.1, 0.15) is 18.8 Å². The fourth-order valence-electron chi connectivity index (χ4n) is 3.34. The maximum Gasteiger partial charge on any atom is 0.250 e. The molecule has 0 bridgehead atoms. The predicted octanol–water partition coefficient (Wildman–Crippen LogP) is 4.01. The number of rotatable bonds is 5. The molecule has 2 aromatic carbocycles. The van der Waals surface area contributed by atoms with Gasteiger partial charge in [-0.25, -0.2) is 14.4 Å². The summed E-state index contributed by atoms with van der Waals surface area (Å²) >= 11 is 5.90. The van der Waals surface area contributed by atoms with Crippen molar-refractivity contribution in [2.24, 2.45) is 0 Å². The lowest BCUT2D eigenvalue weighted by atomic mass is 10.1. The van der Waals surface area contributed by atoms with E-state index in [1.54, 1.807) is 35.2 Å². The van der Waals surface area contributed by atoms with Gasteiger partial charge in [-0.05, 0) is 38.4 Å². The van der Waals surface area contributed by atoms with Crippen LogP contribution in [0.5, 0.6) is 5.75 Å². The van der Waals surface area contributed by atoms with E-state index in [1.807, 2.05) is 25.1 Å². The van der Waals surface area contributed by atoms with Gasteiger partial charge in [-0.2, -0.15) is 0 Å². The van der Waals surface area contributed by atoms with Crippen LogP contribution in [-0.4, -0.2) is 54.6 Å². The number of benzene rings is 2. The highest BCUT2D eigenvalue weighted by atomic mass is 35.5. The zero-order valence-corrected chi connectivity index (χ0v) is 17.9. The van der Waals surface area contributed by atoms with E-state index >= 15 is 0 Å². The highest BCUT2D eigenvalue weighted by Gasteiger charge is 2.26. The molecule has 160 valence electrons. The van der Waals surface area contributed by atoms with Crippen LogP contribution in [0.15, 0.2) is 48.8 Å². The van der Waals surface area contributed by atoms with Crippen LogP contribution in [0.1, 0.15) is 0 Å². The van der Waals surface area contributed by atoms with E-state index in [4.69, 9.17) is 16.3 Å². The molecule has 7 nitrogen and oxygen atoms in total. The second kappa shape index (κ2) is 8.87. The Balaban J connectivity index is 1.75. The molecule has 0 unspecified atom stereocenters.